The Morgan fingerprint density at radius 2 is 2.06 bits per heavy atom. The van der Waals surface area contributed by atoms with Crippen LogP contribution in [-0.2, 0) is 12.8 Å². The van der Waals surface area contributed by atoms with Gasteiger partial charge in [-0.05, 0) is 56.7 Å². The molecular weight excluding hydrogens is 210 g/mol. The van der Waals surface area contributed by atoms with E-state index < -0.39 is 5.41 Å². The molecule has 2 heteroatoms. The van der Waals surface area contributed by atoms with Gasteiger partial charge in [-0.25, -0.2) is 0 Å². The quantitative estimate of drug-likeness (QED) is 0.794. The lowest BCUT2D eigenvalue weighted by Gasteiger charge is -2.22. The van der Waals surface area contributed by atoms with E-state index in [4.69, 9.17) is 10.00 Å². The van der Waals surface area contributed by atoms with Gasteiger partial charge in [0.2, 0.25) is 0 Å². The highest BCUT2D eigenvalue weighted by Crippen LogP contribution is 2.30. The van der Waals surface area contributed by atoms with Crippen LogP contribution in [0.3, 0.4) is 0 Å². The van der Waals surface area contributed by atoms with Crippen molar-refractivity contribution in [3.63, 3.8) is 0 Å². The Labute approximate surface area is 103 Å². The molecule has 2 rings (SSSR count). The third-order valence-corrected chi connectivity index (χ3v) is 3.24. The second-order valence-electron chi connectivity index (χ2n) is 5.39. The van der Waals surface area contributed by atoms with Gasteiger partial charge in [0.25, 0.3) is 0 Å². The highest BCUT2D eigenvalue weighted by molar-refractivity contribution is 5.41. The predicted molar refractivity (Wildman–Crippen MR) is 68.0 cm³/mol. The molecule has 1 aromatic carbocycles. The summed E-state index contributed by atoms with van der Waals surface area (Å²) in [6, 6.07) is 8.54. The fraction of sp³-hybridized carbons (Fsp3) is 0.533. The summed E-state index contributed by atoms with van der Waals surface area (Å²) in [5.41, 5.74) is 2.35. The predicted octanol–water partition coefficient (Wildman–Crippen LogP) is 3.49. The van der Waals surface area contributed by atoms with E-state index >= 15 is 0 Å². The zero-order valence-electron chi connectivity index (χ0n) is 10.6. The molecule has 17 heavy (non-hydrogen) atoms. The minimum Gasteiger partial charge on any atom is -0.492 e. The third-order valence-electron chi connectivity index (χ3n) is 3.24. The molecule has 1 aliphatic carbocycles. The van der Waals surface area contributed by atoms with Gasteiger partial charge in [-0.1, -0.05) is 12.1 Å². The fourth-order valence-electron chi connectivity index (χ4n) is 2.17. The molecule has 0 atom stereocenters. The number of aryl methyl sites for hydroxylation is 1. The normalized spacial score (nSPS) is 14.9. The number of fused-ring (bicyclic) bond motifs is 1. The highest BCUT2D eigenvalue weighted by Gasteiger charge is 2.20. The number of benzene rings is 1. The summed E-state index contributed by atoms with van der Waals surface area (Å²) in [4.78, 5) is 0. The van der Waals surface area contributed by atoms with Crippen LogP contribution in [0.15, 0.2) is 18.2 Å². The molecule has 0 fully saturated rings. The first-order valence-corrected chi connectivity index (χ1v) is 6.27. The van der Waals surface area contributed by atoms with Crippen molar-refractivity contribution in [1.29, 1.82) is 5.26 Å². The highest BCUT2D eigenvalue weighted by atomic mass is 16.5. The molecule has 0 aliphatic heterocycles. The Kier molecular flexibility index (Phi) is 3.38. The van der Waals surface area contributed by atoms with Gasteiger partial charge >= 0.3 is 0 Å². The van der Waals surface area contributed by atoms with E-state index in [1.54, 1.807) is 0 Å². The van der Waals surface area contributed by atoms with Crippen LogP contribution in [0.5, 0.6) is 5.75 Å². The van der Waals surface area contributed by atoms with Crippen LogP contribution in [-0.4, -0.2) is 6.61 Å². The van der Waals surface area contributed by atoms with Gasteiger partial charge in [0.1, 0.15) is 12.4 Å². The standard InChI is InChI=1S/C15H19NO/c1-15(2,10-16)11-17-14-9-5-7-12-6-3-4-8-13(12)14/h5,7,9H,3-4,6,8,11H2,1-2H3. The molecule has 0 unspecified atom stereocenters. The van der Waals surface area contributed by atoms with E-state index in [0.717, 1.165) is 18.6 Å². The summed E-state index contributed by atoms with van der Waals surface area (Å²) in [5, 5.41) is 8.98. The van der Waals surface area contributed by atoms with Crippen molar-refractivity contribution >= 4 is 0 Å². The Morgan fingerprint density at radius 1 is 1.29 bits per heavy atom. The van der Waals surface area contributed by atoms with Gasteiger partial charge in [0, 0.05) is 0 Å². The number of ether oxygens (including phenoxy) is 1. The van der Waals surface area contributed by atoms with E-state index in [9.17, 15) is 0 Å². The van der Waals surface area contributed by atoms with Crippen LogP contribution < -0.4 is 4.74 Å². The Morgan fingerprint density at radius 3 is 2.82 bits per heavy atom. The minimum absolute atomic E-state index is 0.419. The van der Waals surface area contributed by atoms with Crippen molar-refractivity contribution in [3.05, 3.63) is 29.3 Å². The van der Waals surface area contributed by atoms with Gasteiger partial charge in [0.15, 0.2) is 0 Å². The van der Waals surface area contributed by atoms with E-state index in [-0.39, 0.29) is 0 Å². The van der Waals surface area contributed by atoms with E-state index in [2.05, 4.69) is 18.2 Å². The molecule has 0 spiro atoms. The zero-order valence-corrected chi connectivity index (χ0v) is 10.6. The lowest BCUT2D eigenvalue weighted by atomic mass is 9.91. The van der Waals surface area contributed by atoms with Crippen molar-refractivity contribution in [1.82, 2.24) is 0 Å². The summed E-state index contributed by atoms with van der Waals surface area (Å²) in [6.45, 7) is 4.27. The number of hydrogen-bond acceptors (Lipinski definition) is 2. The van der Waals surface area contributed by atoms with Crippen LogP contribution >= 0.6 is 0 Å². The Bertz CT molecular complexity index is 443. The molecule has 0 N–H and O–H groups in total. The molecule has 0 bridgehead atoms. The maximum atomic E-state index is 8.98. The van der Waals surface area contributed by atoms with Crippen LogP contribution in [0, 0.1) is 16.7 Å². The molecule has 0 saturated carbocycles. The maximum absolute atomic E-state index is 8.98. The maximum Gasteiger partial charge on any atom is 0.122 e. The smallest absolute Gasteiger partial charge is 0.122 e. The Hall–Kier alpha value is -1.49. The summed E-state index contributed by atoms with van der Waals surface area (Å²) in [6.07, 6.45) is 4.79. The summed E-state index contributed by atoms with van der Waals surface area (Å²) in [5.74, 6) is 0.977. The van der Waals surface area contributed by atoms with Crippen molar-refractivity contribution in [2.75, 3.05) is 6.61 Å². The number of hydrogen-bond donors (Lipinski definition) is 0. The molecule has 0 saturated heterocycles. The van der Waals surface area contributed by atoms with Gasteiger partial charge in [-0.2, -0.15) is 5.26 Å². The molecule has 0 aromatic heterocycles. The van der Waals surface area contributed by atoms with Crippen molar-refractivity contribution in [2.24, 2.45) is 5.41 Å². The minimum atomic E-state index is -0.419. The molecular formula is C15H19NO. The van der Waals surface area contributed by atoms with Gasteiger partial charge in [-0.15, -0.1) is 0 Å². The summed E-state index contributed by atoms with van der Waals surface area (Å²) < 4.78 is 5.84. The van der Waals surface area contributed by atoms with Gasteiger partial charge in [0.05, 0.1) is 11.5 Å². The lowest BCUT2D eigenvalue weighted by molar-refractivity contribution is 0.224. The van der Waals surface area contributed by atoms with Crippen molar-refractivity contribution < 1.29 is 4.74 Å². The molecule has 1 aliphatic rings. The second-order valence-corrected chi connectivity index (χ2v) is 5.39. The molecule has 1 aromatic rings. The Balaban J connectivity index is 2.14. The molecule has 90 valence electrons. The van der Waals surface area contributed by atoms with Crippen LogP contribution in [0.2, 0.25) is 0 Å². The summed E-state index contributed by atoms with van der Waals surface area (Å²) in [7, 11) is 0. The first-order chi connectivity index (χ1) is 8.12. The van der Waals surface area contributed by atoms with Crippen molar-refractivity contribution in [3.8, 4) is 11.8 Å². The van der Waals surface area contributed by atoms with Gasteiger partial charge in [-0.3, -0.25) is 0 Å². The first kappa shape index (κ1) is 12.0. The van der Waals surface area contributed by atoms with Crippen LogP contribution in [0.1, 0.15) is 37.8 Å². The SMILES string of the molecule is CC(C)(C#N)COc1cccc2c1CCCC2. The van der Waals surface area contributed by atoms with E-state index in [1.807, 2.05) is 19.9 Å². The molecule has 0 heterocycles. The fourth-order valence-corrected chi connectivity index (χ4v) is 2.17. The lowest BCUT2D eigenvalue weighted by Crippen LogP contribution is -2.20. The van der Waals surface area contributed by atoms with E-state index in [0.29, 0.717) is 6.61 Å². The topological polar surface area (TPSA) is 33.0 Å². The van der Waals surface area contributed by atoms with Crippen LogP contribution in [0.25, 0.3) is 0 Å². The summed E-state index contributed by atoms with van der Waals surface area (Å²) >= 11 is 0. The van der Waals surface area contributed by atoms with Gasteiger partial charge < -0.3 is 4.74 Å². The monoisotopic (exact) mass is 229 g/mol. The average Bonchev–Trinajstić information content (AvgIpc) is 2.36. The van der Waals surface area contributed by atoms with Crippen LogP contribution in [0.4, 0.5) is 0 Å². The number of nitriles is 1. The molecule has 2 nitrogen and oxygen atoms in total. The van der Waals surface area contributed by atoms with E-state index in [1.165, 1.54) is 24.0 Å². The molecule has 0 radical (unpaired) electrons. The second kappa shape index (κ2) is 4.79. The molecule has 0 amide bonds. The first-order valence-electron chi connectivity index (χ1n) is 6.27. The van der Waals surface area contributed by atoms with Crippen molar-refractivity contribution in [2.45, 2.75) is 39.5 Å². The number of nitrogens with zero attached hydrogens (tertiary/aromatic N) is 1. The zero-order chi connectivity index (χ0) is 12.3. The number of rotatable bonds is 3. The largest absolute Gasteiger partial charge is 0.492 e. The average molecular weight is 229 g/mol. The third kappa shape index (κ3) is 2.79.